The van der Waals surface area contributed by atoms with Gasteiger partial charge in [-0.2, -0.15) is 4.31 Å². The molecule has 7 nitrogen and oxygen atoms in total. The number of nitrogens with one attached hydrogen (secondary N) is 1. The fourth-order valence-electron chi connectivity index (χ4n) is 4.47. The Kier molecular flexibility index (Phi) is 6.01. The Balaban J connectivity index is 1.33. The van der Waals surface area contributed by atoms with Crippen LogP contribution in [0.4, 0.5) is 5.13 Å². The van der Waals surface area contributed by atoms with Crippen molar-refractivity contribution in [3.8, 4) is 11.5 Å². The predicted molar refractivity (Wildman–Crippen MR) is 133 cm³/mol. The van der Waals surface area contributed by atoms with Gasteiger partial charge in [-0.15, -0.1) is 11.3 Å². The molecule has 1 aliphatic heterocycles. The Morgan fingerprint density at radius 3 is 2.62 bits per heavy atom. The second-order valence-corrected chi connectivity index (χ2v) is 11.7. The van der Waals surface area contributed by atoms with Crippen molar-refractivity contribution < 1.29 is 17.6 Å². The maximum absolute atomic E-state index is 13.2. The number of anilines is 1. The van der Waals surface area contributed by atoms with Gasteiger partial charge in [0.05, 0.1) is 4.90 Å². The zero-order chi connectivity index (χ0) is 23.9. The number of rotatable bonds is 5. The summed E-state index contributed by atoms with van der Waals surface area (Å²) in [5.74, 6) is 0.811. The lowest BCUT2D eigenvalue weighted by Gasteiger charge is -2.34. The molecule has 0 saturated carbocycles. The van der Waals surface area contributed by atoms with Crippen molar-refractivity contribution >= 4 is 43.4 Å². The molecule has 4 aromatic rings. The van der Waals surface area contributed by atoms with E-state index in [-0.39, 0.29) is 10.5 Å². The lowest BCUT2D eigenvalue weighted by molar-refractivity contribution is 0.102. The molecule has 2 atom stereocenters. The summed E-state index contributed by atoms with van der Waals surface area (Å²) in [6.45, 7) is 5.12. The highest BCUT2D eigenvalue weighted by Crippen LogP contribution is 2.31. The van der Waals surface area contributed by atoms with E-state index in [9.17, 15) is 13.2 Å². The van der Waals surface area contributed by atoms with Crippen LogP contribution in [0.2, 0.25) is 0 Å². The summed E-state index contributed by atoms with van der Waals surface area (Å²) in [6.07, 6.45) is 1.01. The van der Waals surface area contributed by atoms with Gasteiger partial charge < -0.3 is 4.42 Å². The van der Waals surface area contributed by atoms with E-state index < -0.39 is 15.9 Å². The molecule has 9 heteroatoms. The van der Waals surface area contributed by atoms with Crippen LogP contribution in [0.1, 0.15) is 30.6 Å². The second-order valence-electron chi connectivity index (χ2n) is 8.94. The van der Waals surface area contributed by atoms with Crippen LogP contribution >= 0.6 is 11.3 Å². The summed E-state index contributed by atoms with van der Waals surface area (Å²) in [5, 5.41) is 5.97. The van der Waals surface area contributed by atoms with E-state index in [2.05, 4.69) is 24.1 Å². The first-order valence-electron chi connectivity index (χ1n) is 11.2. The number of nitrogens with zero attached hydrogens (tertiary/aromatic N) is 2. The van der Waals surface area contributed by atoms with Gasteiger partial charge in [0.1, 0.15) is 11.3 Å². The molecule has 0 aliphatic carbocycles. The van der Waals surface area contributed by atoms with Crippen LogP contribution in [-0.2, 0) is 10.0 Å². The van der Waals surface area contributed by atoms with Crippen LogP contribution < -0.4 is 5.32 Å². The Hall–Kier alpha value is -3.01. The fraction of sp³-hybridized carbons (Fsp3) is 0.280. The molecular weight excluding hydrogens is 470 g/mol. The van der Waals surface area contributed by atoms with Gasteiger partial charge >= 0.3 is 0 Å². The monoisotopic (exact) mass is 495 g/mol. The van der Waals surface area contributed by atoms with Crippen molar-refractivity contribution in [1.82, 2.24) is 9.29 Å². The van der Waals surface area contributed by atoms with Gasteiger partial charge in [0.25, 0.3) is 5.91 Å². The van der Waals surface area contributed by atoms with Crippen molar-refractivity contribution in [2.45, 2.75) is 25.2 Å². The van der Waals surface area contributed by atoms with E-state index in [0.717, 1.165) is 17.4 Å². The number of carbonyl (C=O) groups is 1. The normalized spacial score (nSPS) is 19.4. The Bertz CT molecular complexity index is 1410. The number of fused-ring (bicyclic) bond motifs is 1. The Labute approximate surface area is 202 Å². The predicted octanol–water partition coefficient (Wildman–Crippen LogP) is 5.48. The number of hydrogen-bond donors (Lipinski definition) is 1. The average molecular weight is 496 g/mol. The van der Waals surface area contributed by atoms with Gasteiger partial charge in [0.2, 0.25) is 10.0 Å². The number of para-hydroxylation sites is 1. The highest BCUT2D eigenvalue weighted by atomic mass is 32.2. The summed E-state index contributed by atoms with van der Waals surface area (Å²) in [4.78, 5) is 17.5. The minimum absolute atomic E-state index is 0.128. The maximum Gasteiger partial charge on any atom is 0.257 e. The lowest BCUT2D eigenvalue weighted by Crippen LogP contribution is -2.42. The minimum Gasteiger partial charge on any atom is -0.454 e. The first kappa shape index (κ1) is 22.8. The molecule has 0 radical (unpaired) electrons. The van der Waals surface area contributed by atoms with Crippen molar-refractivity contribution in [3.05, 3.63) is 65.5 Å². The van der Waals surface area contributed by atoms with E-state index in [1.165, 1.54) is 21.7 Å². The van der Waals surface area contributed by atoms with E-state index >= 15 is 0 Å². The molecule has 0 bridgehead atoms. The molecule has 0 spiro atoms. The molecule has 1 amide bonds. The van der Waals surface area contributed by atoms with Crippen LogP contribution in [0.15, 0.2) is 69.3 Å². The lowest BCUT2D eigenvalue weighted by atomic mass is 9.94. The van der Waals surface area contributed by atoms with Crippen LogP contribution in [0, 0.1) is 11.8 Å². The largest absolute Gasteiger partial charge is 0.454 e. The van der Waals surface area contributed by atoms with Crippen LogP contribution in [0.25, 0.3) is 22.4 Å². The molecule has 2 aromatic heterocycles. The number of benzene rings is 2. The topological polar surface area (TPSA) is 92.5 Å². The van der Waals surface area contributed by atoms with Crippen LogP contribution in [0.3, 0.4) is 0 Å². The highest BCUT2D eigenvalue weighted by Gasteiger charge is 2.32. The smallest absolute Gasteiger partial charge is 0.257 e. The third-order valence-electron chi connectivity index (χ3n) is 5.97. The Morgan fingerprint density at radius 1 is 1.09 bits per heavy atom. The van der Waals surface area contributed by atoms with E-state index in [0.29, 0.717) is 41.5 Å². The number of carbonyl (C=O) groups excluding carboxylic acids is 1. The number of sulfonamides is 1. The van der Waals surface area contributed by atoms with Gasteiger partial charge in [0, 0.05) is 29.4 Å². The molecule has 1 saturated heterocycles. The summed E-state index contributed by atoms with van der Waals surface area (Å²) >= 11 is 1.28. The van der Waals surface area contributed by atoms with E-state index in [1.54, 1.807) is 18.2 Å². The molecule has 3 heterocycles. The van der Waals surface area contributed by atoms with E-state index in [4.69, 9.17) is 4.42 Å². The minimum atomic E-state index is -3.67. The van der Waals surface area contributed by atoms with Gasteiger partial charge in [-0.05, 0) is 48.6 Å². The molecule has 2 aromatic carbocycles. The number of thiazole rings is 1. The van der Waals surface area contributed by atoms with Gasteiger partial charge in [-0.25, -0.2) is 13.4 Å². The third-order valence-corrected chi connectivity index (χ3v) is 8.56. The molecule has 176 valence electrons. The molecule has 5 rings (SSSR count). The number of piperidine rings is 1. The summed E-state index contributed by atoms with van der Waals surface area (Å²) in [6, 6.07) is 15.8. The molecule has 34 heavy (non-hydrogen) atoms. The second kappa shape index (κ2) is 8.98. The molecule has 1 fully saturated rings. The number of aromatic nitrogens is 1. The highest BCUT2D eigenvalue weighted by molar-refractivity contribution is 7.89. The van der Waals surface area contributed by atoms with Gasteiger partial charge in [-0.3, -0.25) is 10.1 Å². The summed E-state index contributed by atoms with van der Waals surface area (Å²) in [5.41, 5.74) is 1.66. The quantitative estimate of drug-likeness (QED) is 0.396. The first-order chi connectivity index (χ1) is 16.3. The molecular formula is C25H25N3O4S2. The third kappa shape index (κ3) is 4.51. The Morgan fingerprint density at radius 2 is 1.85 bits per heavy atom. The molecule has 0 unspecified atom stereocenters. The van der Waals surface area contributed by atoms with Crippen molar-refractivity contribution in [2.75, 3.05) is 18.4 Å². The standard InChI is InChI=1S/C25H25N3O4S2/c1-16-10-17(2)14-28(13-16)34(30,31)20-8-5-7-19(11-20)24(29)27-25-26-21(15-33-25)23-12-18-6-3-4-9-22(18)32-23/h3-9,11-12,15-17H,10,13-14H2,1-2H3,(H,26,27,29)/t16-,17-/m1/s1. The van der Waals surface area contributed by atoms with Crippen molar-refractivity contribution in [1.29, 1.82) is 0 Å². The summed E-state index contributed by atoms with van der Waals surface area (Å²) < 4.78 is 33.8. The van der Waals surface area contributed by atoms with Crippen LogP contribution in [-0.4, -0.2) is 36.7 Å². The number of furan rings is 1. The number of hydrogen-bond acceptors (Lipinski definition) is 6. The van der Waals surface area contributed by atoms with Gasteiger partial charge in [-0.1, -0.05) is 38.1 Å². The van der Waals surface area contributed by atoms with Crippen molar-refractivity contribution in [2.24, 2.45) is 11.8 Å². The van der Waals surface area contributed by atoms with Gasteiger partial charge in [0.15, 0.2) is 10.9 Å². The average Bonchev–Trinajstić information content (AvgIpc) is 3.45. The maximum atomic E-state index is 13.2. The van der Waals surface area contributed by atoms with Crippen molar-refractivity contribution in [3.63, 3.8) is 0 Å². The zero-order valence-corrected chi connectivity index (χ0v) is 20.5. The fourth-order valence-corrected chi connectivity index (χ4v) is 6.89. The first-order valence-corrected chi connectivity index (χ1v) is 13.5. The molecule has 1 aliphatic rings. The number of amides is 1. The summed E-state index contributed by atoms with van der Waals surface area (Å²) in [7, 11) is -3.67. The van der Waals surface area contributed by atoms with Crippen LogP contribution in [0.5, 0.6) is 0 Å². The SMILES string of the molecule is C[C@@H]1C[C@@H](C)CN(S(=O)(=O)c2cccc(C(=O)Nc3nc(-c4cc5ccccc5o4)cs3)c2)C1. The molecule has 1 N–H and O–H groups in total. The van der Waals surface area contributed by atoms with E-state index in [1.807, 2.05) is 35.7 Å². The zero-order valence-electron chi connectivity index (χ0n) is 18.9.